The average Bonchev–Trinajstić information content (AvgIpc) is 3.37. The highest BCUT2D eigenvalue weighted by atomic mass is 16.6. The maximum atomic E-state index is 12.4. The molecule has 2 fully saturated rings. The lowest BCUT2D eigenvalue weighted by molar-refractivity contribution is -0.147. The Kier molecular flexibility index (Phi) is 5.61. The van der Waals surface area contributed by atoms with Crippen LogP contribution in [-0.2, 0) is 20.9 Å². The Morgan fingerprint density at radius 1 is 1.20 bits per heavy atom. The van der Waals surface area contributed by atoms with Crippen LogP contribution < -0.4 is 5.32 Å². The normalized spacial score (nSPS) is 22.0. The lowest BCUT2D eigenvalue weighted by atomic mass is 9.75. The van der Waals surface area contributed by atoms with Crippen molar-refractivity contribution in [3.05, 3.63) is 35.9 Å². The minimum atomic E-state index is -0.610. The maximum Gasteiger partial charge on any atom is 0.408 e. The van der Waals surface area contributed by atoms with Crippen LogP contribution in [0.2, 0.25) is 0 Å². The molecule has 2 aliphatic rings. The molecular weight excluding hydrogens is 318 g/mol. The van der Waals surface area contributed by atoms with Crippen LogP contribution >= 0.6 is 0 Å². The summed E-state index contributed by atoms with van der Waals surface area (Å²) in [6.07, 6.45) is 6.24. The number of ether oxygens (including phenoxy) is 2. The van der Waals surface area contributed by atoms with Crippen molar-refractivity contribution >= 4 is 12.1 Å². The van der Waals surface area contributed by atoms with E-state index in [1.54, 1.807) is 6.92 Å². The van der Waals surface area contributed by atoms with Crippen LogP contribution in [0.15, 0.2) is 30.3 Å². The molecule has 2 aliphatic carbocycles. The minimum absolute atomic E-state index is 0.138. The van der Waals surface area contributed by atoms with Crippen molar-refractivity contribution < 1.29 is 19.1 Å². The molecule has 3 rings (SSSR count). The van der Waals surface area contributed by atoms with E-state index in [0.29, 0.717) is 12.0 Å². The minimum Gasteiger partial charge on any atom is -0.464 e. The molecule has 136 valence electrons. The Morgan fingerprint density at radius 2 is 1.96 bits per heavy atom. The standard InChI is InChI=1S/C20H27NO4/c1-2-24-18(22)17(16-9-6-10-20(13-16)11-12-20)21-19(23)25-14-15-7-4-3-5-8-15/h3-5,7-8,16-17H,2,6,9-14H2,1H3,(H,21,23)/t16-,17-/m0/s1. The van der Waals surface area contributed by atoms with E-state index in [2.05, 4.69) is 5.32 Å². The number of nitrogens with one attached hydrogen (secondary N) is 1. The second-order valence-electron chi connectivity index (χ2n) is 7.29. The van der Waals surface area contributed by atoms with E-state index < -0.39 is 12.1 Å². The summed E-state index contributed by atoms with van der Waals surface area (Å²) in [5, 5.41) is 2.77. The highest BCUT2D eigenvalue weighted by molar-refractivity contribution is 5.81. The summed E-state index contributed by atoms with van der Waals surface area (Å²) >= 11 is 0. The average molecular weight is 345 g/mol. The fourth-order valence-corrected chi connectivity index (χ4v) is 3.91. The lowest BCUT2D eigenvalue weighted by Crippen LogP contribution is -2.48. The van der Waals surface area contributed by atoms with Gasteiger partial charge < -0.3 is 14.8 Å². The number of hydrogen-bond acceptors (Lipinski definition) is 4. The first-order valence-corrected chi connectivity index (χ1v) is 9.26. The van der Waals surface area contributed by atoms with Gasteiger partial charge in [-0.2, -0.15) is 0 Å². The van der Waals surface area contributed by atoms with Gasteiger partial charge in [-0.1, -0.05) is 36.8 Å². The molecule has 0 aromatic heterocycles. The molecule has 25 heavy (non-hydrogen) atoms. The zero-order valence-corrected chi connectivity index (χ0v) is 14.8. The Balaban J connectivity index is 1.58. The van der Waals surface area contributed by atoms with Crippen molar-refractivity contribution in [3.8, 4) is 0 Å². The fourth-order valence-electron chi connectivity index (χ4n) is 3.91. The Hall–Kier alpha value is -2.04. The molecule has 5 nitrogen and oxygen atoms in total. The topological polar surface area (TPSA) is 64.6 Å². The molecule has 0 heterocycles. The molecule has 0 aliphatic heterocycles. The molecule has 0 unspecified atom stereocenters. The summed E-state index contributed by atoms with van der Waals surface area (Å²) < 4.78 is 10.5. The van der Waals surface area contributed by atoms with Gasteiger partial charge in [-0.25, -0.2) is 9.59 Å². The second kappa shape index (κ2) is 7.89. The maximum absolute atomic E-state index is 12.4. The number of carbonyl (C=O) groups excluding carboxylic acids is 2. The van der Waals surface area contributed by atoms with E-state index in [1.165, 1.54) is 19.3 Å². The SMILES string of the molecule is CCOC(=O)[C@@H](NC(=O)OCc1ccccc1)[C@H]1CCCC2(CC2)C1. The molecule has 2 atom stereocenters. The lowest BCUT2D eigenvalue weighted by Gasteiger charge is -2.33. The van der Waals surface area contributed by atoms with Crippen LogP contribution in [0.3, 0.4) is 0 Å². The third kappa shape index (κ3) is 4.74. The van der Waals surface area contributed by atoms with Crippen molar-refractivity contribution in [2.45, 2.75) is 58.1 Å². The van der Waals surface area contributed by atoms with Gasteiger partial charge in [0.05, 0.1) is 6.61 Å². The molecule has 0 radical (unpaired) electrons. The molecule has 1 spiro atoms. The smallest absolute Gasteiger partial charge is 0.408 e. The van der Waals surface area contributed by atoms with Crippen molar-refractivity contribution in [3.63, 3.8) is 0 Å². The highest BCUT2D eigenvalue weighted by Gasteiger charge is 2.48. The molecule has 1 aromatic rings. The summed E-state index contributed by atoms with van der Waals surface area (Å²) in [7, 11) is 0. The largest absolute Gasteiger partial charge is 0.464 e. The highest BCUT2D eigenvalue weighted by Crippen LogP contribution is 2.58. The van der Waals surface area contributed by atoms with Crippen molar-refractivity contribution in [1.82, 2.24) is 5.32 Å². The van der Waals surface area contributed by atoms with Gasteiger partial charge in [-0.05, 0) is 55.9 Å². The van der Waals surface area contributed by atoms with Crippen LogP contribution in [0.4, 0.5) is 4.79 Å². The molecule has 1 aromatic carbocycles. The Bertz CT molecular complexity index is 597. The van der Waals surface area contributed by atoms with Gasteiger partial charge in [-0.3, -0.25) is 0 Å². The second-order valence-corrected chi connectivity index (χ2v) is 7.29. The van der Waals surface area contributed by atoms with Crippen LogP contribution in [0.25, 0.3) is 0 Å². The molecule has 0 saturated heterocycles. The molecule has 5 heteroatoms. The number of rotatable bonds is 6. The van der Waals surface area contributed by atoms with Crippen LogP contribution in [-0.4, -0.2) is 24.7 Å². The van der Waals surface area contributed by atoms with E-state index in [9.17, 15) is 9.59 Å². The van der Waals surface area contributed by atoms with Gasteiger partial charge >= 0.3 is 12.1 Å². The quantitative estimate of drug-likeness (QED) is 0.796. The predicted molar refractivity (Wildman–Crippen MR) is 93.8 cm³/mol. The first kappa shape index (κ1) is 17.8. The molecule has 1 N–H and O–H groups in total. The number of esters is 1. The van der Waals surface area contributed by atoms with Gasteiger partial charge in [0.15, 0.2) is 0 Å². The number of hydrogen-bond donors (Lipinski definition) is 1. The van der Waals surface area contributed by atoms with Gasteiger partial charge in [-0.15, -0.1) is 0 Å². The third-order valence-electron chi connectivity index (χ3n) is 5.43. The van der Waals surface area contributed by atoms with Crippen LogP contribution in [0.5, 0.6) is 0 Å². The first-order valence-electron chi connectivity index (χ1n) is 9.26. The monoisotopic (exact) mass is 345 g/mol. The van der Waals surface area contributed by atoms with Crippen molar-refractivity contribution in [2.75, 3.05) is 6.61 Å². The van der Waals surface area contributed by atoms with E-state index in [0.717, 1.165) is 24.8 Å². The Labute approximate surface area is 149 Å². The van der Waals surface area contributed by atoms with Gasteiger partial charge in [0.25, 0.3) is 0 Å². The third-order valence-corrected chi connectivity index (χ3v) is 5.43. The van der Waals surface area contributed by atoms with E-state index in [1.807, 2.05) is 30.3 Å². The van der Waals surface area contributed by atoms with Crippen LogP contribution in [0.1, 0.15) is 51.0 Å². The van der Waals surface area contributed by atoms with Crippen molar-refractivity contribution in [1.29, 1.82) is 0 Å². The van der Waals surface area contributed by atoms with Crippen molar-refractivity contribution in [2.24, 2.45) is 11.3 Å². The summed E-state index contributed by atoms with van der Waals surface area (Å²) in [6.45, 7) is 2.29. The zero-order valence-electron chi connectivity index (χ0n) is 14.8. The molecule has 2 saturated carbocycles. The summed E-state index contributed by atoms with van der Waals surface area (Å²) in [5.41, 5.74) is 1.34. The van der Waals surface area contributed by atoms with E-state index >= 15 is 0 Å². The zero-order chi connectivity index (χ0) is 17.7. The van der Waals surface area contributed by atoms with E-state index in [-0.39, 0.29) is 18.5 Å². The van der Waals surface area contributed by atoms with Gasteiger partial charge in [0.2, 0.25) is 0 Å². The van der Waals surface area contributed by atoms with Gasteiger partial charge in [0, 0.05) is 0 Å². The summed E-state index contributed by atoms with van der Waals surface area (Å²) in [4.78, 5) is 24.6. The number of alkyl carbamates (subject to hydrolysis) is 1. The summed E-state index contributed by atoms with van der Waals surface area (Å²) in [6, 6.07) is 8.89. The molecule has 1 amide bonds. The predicted octanol–water partition coefficient (Wildman–Crippen LogP) is 3.81. The molecular formula is C20H27NO4. The van der Waals surface area contributed by atoms with Crippen LogP contribution in [0, 0.1) is 11.3 Å². The van der Waals surface area contributed by atoms with E-state index in [4.69, 9.17) is 9.47 Å². The molecule has 0 bridgehead atoms. The summed E-state index contributed by atoms with van der Waals surface area (Å²) in [5.74, 6) is -0.207. The first-order chi connectivity index (χ1) is 12.1. The number of amides is 1. The Morgan fingerprint density at radius 3 is 2.64 bits per heavy atom. The number of benzene rings is 1. The fraction of sp³-hybridized carbons (Fsp3) is 0.600. The number of carbonyl (C=O) groups is 2. The van der Waals surface area contributed by atoms with Gasteiger partial charge in [0.1, 0.15) is 12.6 Å².